The number of hydrogen-bond donors (Lipinski definition) is 0. The van der Waals surface area contributed by atoms with E-state index >= 15 is 0 Å². The number of amides is 1. The summed E-state index contributed by atoms with van der Waals surface area (Å²) in [7, 11) is 1.34. The Morgan fingerprint density at radius 3 is 2.62 bits per heavy atom. The van der Waals surface area contributed by atoms with Crippen molar-refractivity contribution in [1.82, 2.24) is 0 Å². The predicted octanol–water partition coefficient (Wildman–Crippen LogP) is 3.83. The van der Waals surface area contributed by atoms with E-state index in [-0.39, 0.29) is 17.1 Å². The third-order valence-electron chi connectivity index (χ3n) is 5.75. The second-order valence-corrected chi connectivity index (χ2v) is 7.71. The number of halogens is 1. The molecule has 26 heavy (non-hydrogen) atoms. The lowest BCUT2D eigenvalue weighted by Gasteiger charge is -2.19. The molecule has 0 unspecified atom stereocenters. The van der Waals surface area contributed by atoms with Crippen LogP contribution >= 0.6 is 0 Å². The number of rotatable bonds is 3. The van der Waals surface area contributed by atoms with Crippen molar-refractivity contribution >= 4 is 17.6 Å². The highest BCUT2D eigenvalue weighted by Crippen LogP contribution is 2.69. The van der Waals surface area contributed by atoms with Gasteiger partial charge in [0.05, 0.1) is 24.6 Å². The van der Waals surface area contributed by atoms with Crippen molar-refractivity contribution in [2.24, 2.45) is 5.41 Å². The summed E-state index contributed by atoms with van der Waals surface area (Å²) in [6.45, 7) is 4.42. The number of esters is 1. The van der Waals surface area contributed by atoms with Gasteiger partial charge in [0.25, 0.3) is 0 Å². The topological polar surface area (TPSA) is 46.6 Å². The first kappa shape index (κ1) is 16.8. The lowest BCUT2D eigenvalue weighted by molar-refractivity contribution is -0.121. The Bertz CT molecular complexity index is 937. The minimum Gasteiger partial charge on any atom is -0.465 e. The average molecular weight is 353 g/mol. The van der Waals surface area contributed by atoms with E-state index in [0.29, 0.717) is 18.5 Å². The third kappa shape index (κ3) is 2.19. The van der Waals surface area contributed by atoms with E-state index < -0.39 is 11.4 Å². The average Bonchev–Trinajstić information content (AvgIpc) is 3.14. The fourth-order valence-corrected chi connectivity index (χ4v) is 4.24. The van der Waals surface area contributed by atoms with Gasteiger partial charge in [0.15, 0.2) is 0 Å². The van der Waals surface area contributed by atoms with Crippen molar-refractivity contribution in [2.45, 2.75) is 32.2 Å². The second-order valence-electron chi connectivity index (χ2n) is 7.71. The van der Waals surface area contributed by atoms with E-state index in [1.807, 2.05) is 19.9 Å². The number of ether oxygens (including phenoxy) is 1. The minimum atomic E-state index is -0.635. The SMILES string of the molecule is COC(=O)c1cccc(CN2C(=O)[C@]3(CC3(C)C)c3cc(F)ccc32)c1. The van der Waals surface area contributed by atoms with Gasteiger partial charge < -0.3 is 9.64 Å². The molecule has 1 atom stereocenters. The van der Waals surface area contributed by atoms with E-state index in [1.54, 1.807) is 29.2 Å². The molecule has 0 bridgehead atoms. The van der Waals surface area contributed by atoms with Crippen molar-refractivity contribution in [2.75, 3.05) is 12.0 Å². The van der Waals surface area contributed by atoms with E-state index in [0.717, 1.165) is 16.8 Å². The molecule has 5 heteroatoms. The Morgan fingerprint density at radius 1 is 1.23 bits per heavy atom. The van der Waals surface area contributed by atoms with E-state index in [2.05, 4.69) is 0 Å². The first-order valence-corrected chi connectivity index (χ1v) is 8.59. The Hall–Kier alpha value is -2.69. The number of benzene rings is 2. The molecule has 1 aliphatic heterocycles. The number of hydrogen-bond acceptors (Lipinski definition) is 3. The van der Waals surface area contributed by atoms with Crippen LogP contribution in [-0.2, 0) is 21.5 Å². The zero-order valence-electron chi connectivity index (χ0n) is 15.0. The molecule has 2 aromatic rings. The monoisotopic (exact) mass is 353 g/mol. The maximum atomic E-state index is 13.9. The van der Waals surface area contributed by atoms with Gasteiger partial charge in [-0.25, -0.2) is 9.18 Å². The number of carbonyl (C=O) groups excluding carboxylic acids is 2. The normalized spacial score (nSPS) is 22.5. The molecule has 2 aromatic carbocycles. The molecule has 0 N–H and O–H groups in total. The van der Waals surface area contributed by atoms with Crippen LogP contribution in [0.5, 0.6) is 0 Å². The Balaban J connectivity index is 1.73. The molecule has 1 saturated carbocycles. The predicted molar refractivity (Wildman–Crippen MR) is 95.4 cm³/mol. The molecule has 0 saturated heterocycles. The van der Waals surface area contributed by atoms with Crippen LogP contribution in [0.25, 0.3) is 0 Å². The fraction of sp³-hybridized carbons (Fsp3) is 0.333. The molecule has 1 fully saturated rings. The quantitative estimate of drug-likeness (QED) is 0.788. The van der Waals surface area contributed by atoms with Crippen LogP contribution in [0.2, 0.25) is 0 Å². The smallest absolute Gasteiger partial charge is 0.337 e. The van der Waals surface area contributed by atoms with Gasteiger partial charge in [-0.2, -0.15) is 0 Å². The van der Waals surface area contributed by atoms with Gasteiger partial charge in [-0.1, -0.05) is 26.0 Å². The Labute approximate surface area is 151 Å². The van der Waals surface area contributed by atoms with Gasteiger partial charge in [-0.3, -0.25) is 4.79 Å². The van der Waals surface area contributed by atoms with Crippen LogP contribution in [0.4, 0.5) is 10.1 Å². The van der Waals surface area contributed by atoms with Gasteiger partial charge in [0.2, 0.25) is 5.91 Å². The van der Waals surface area contributed by atoms with E-state index in [1.165, 1.54) is 19.2 Å². The van der Waals surface area contributed by atoms with Gasteiger partial charge in [-0.15, -0.1) is 0 Å². The molecular weight excluding hydrogens is 333 g/mol. The molecule has 0 radical (unpaired) electrons. The molecule has 1 spiro atoms. The third-order valence-corrected chi connectivity index (χ3v) is 5.75. The first-order valence-electron chi connectivity index (χ1n) is 8.59. The van der Waals surface area contributed by atoms with Crippen LogP contribution in [-0.4, -0.2) is 19.0 Å². The molecule has 1 aliphatic carbocycles. The van der Waals surface area contributed by atoms with Gasteiger partial charge in [-0.05, 0) is 53.3 Å². The second kappa shape index (κ2) is 5.40. The summed E-state index contributed by atoms with van der Waals surface area (Å²) in [5, 5.41) is 0. The van der Waals surface area contributed by atoms with Gasteiger partial charge in [0, 0.05) is 5.69 Å². The zero-order chi connectivity index (χ0) is 18.7. The van der Waals surface area contributed by atoms with Crippen molar-refractivity contribution in [1.29, 1.82) is 0 Å². The highest BCUT2D eigenvalue weighted by molar-refractivity contribution is 6.11. The van der Waals surface area contributed by atoms with Gasteiger partial charge in [0.1, 0.15) is 5.82 Å². The number of fused-ring (bicyclic) bond motifs is 2. The van der Waals surface area contributed by atoms with Crippen molar-refractivity contribution < 1.29 is 18.7 Å². The molecule has 2 aliphatic rings. The largest absolute Gasteiger partial charge is 0.465 e. The summed E-state index contributed by atoms with van der Waals surface area (Å²) in [6.07, 6.45) is 0.716. The first-order chi connectivity index (χ1) is 12.3. The number of nitrogens with zero attached hydrogens (tertiary/aromatic N) is 1. The van der Waals surface area contributed by atoms with Crippen LogP contribution < -0.4 is 4.90 Å². The number of methoxy groups -OCH3 is 1. The summed E-state index contributed by atoms with van der Waals surface area (Å²) in [4.78, 5) is 26.7. The zero-order valence-corrected chi connectivity index (χ0v) is 15.0. The summed E-state index contributed by atoms with van der Waals surface area (Å²) < 4.78 is 18.6. The van der Waals surface area contributed by atoms with Crippen LogP contribution in [0.3, 0.4) is 0 Å². The minimum absolute atomic E-state index is 0.00608. The van der Waals surface area contributed by atoms with Crippen molar-refractivity contribution in [3.63, 3.8) is 0 Å². The number of anilines is 1. The molecule has 0 aromatic heterocycles. The Kier molecular flexibility index (Phi) is 3.48. The molecule has 4 nitrogen and oxygen atoms in total. The summed E-state index contributed by atoms with van der Waals surface area (Å²) in [6, 6.07) is 11.6. The summed E-state index contributed by atoms with van der Waals surface area (Å²) >= 11 is 0. The van der Waals surface area contributed by atoms with Crippen LogP contribution in [0.1, 0.15) is 41.8 Å². The summed E-state index contributed by atoms with van der Waals surface area (Å²) in [5.41, 5.74) is 1.98. The lowest BCUT2D eigenvalue weighted by Crippen LogP contribution is -2.34. The van der Waals surface area contributed by atoms with Crippen molar-refractivity contribution in [3.8, 4) is 0 Å². The van der Waals surface area contributed by atoms with Crippen LogP contribution in [0, 0.1) is 11.2 Å². The van der Waals surface area contributed by atoms with E-state index in [4.69, 9.17) is 4.74 Å². The molecule has 1 heterocycles. The summed E-state index contributed by atoms with van der Waals surface area (Å²) in [5.74, 6) is -0.735. The Morgan fingerprint density at radius 2 is 1.96 bits per heavy atom. The maximum absolute atomic E-state index is 13.9. The van der Waals surface area contributed by atoms with Crippen molar-refractivity contribution in [3.05, 3.63) is 65.0 Å². The molecule has 134 valence electrons. The molecule has 1 amide bonds. The highest BCUT2D eigenvalue weighted by atomic mass is 19.1. The maximum Gasteiger partial charge on any atom is 0.337 e. The van der Waals surface area contributed by atoms with E-state index in [9.17, 15) is 14.0 Å². The van der Waals surface area contributed by atoms with Crippen LogP contribution in [0.15, 0.2) is 42.5 Å². The van der Waals surface area contributed by atoms with Gasteiger partial charge >= 0.3 is 5.97 Å². The molecule has 4 rings (SSSR count). The standard InChI is InChI=1S/C21H20FNO3/c1-20(2)12-21(20)16-10-15(22)7-8-17(16)23(19(21)25)11-13-5-4-6-14(9-13)18(24)26-3/h4-10H,11-12H2,1-3H3/t21-/m0/s1. The lowest BCUT2D eigenvalue weighted by atomic mass is 9.89. The highest BCUT2D eigenvalue weighted by Gasteiger charge is 2.71. The number of carbonyl (C=O) groups is 2. The molecular formula is C21H20FNO3. The fourth-order valence-electron chi connectivity index (χ4n) is 4.24.